The number of aryl methyl sites for hydroxylation is 1. The molecule has 0 unspecified atom stereocenters. The molecule has 0 atom stereocenters. The number of unbranched alkanes of at least 4 members (excludes halogenated alkanes) is 3. The zero-order valence-electron chi connectivity index (χ0n) is 16.1. The Morgan fingerprint density at radius 2 is 1.31 bits per heavy atom. The molecule has 0 aromatic heterocycles. The van der Waals surface area contributed by atoms with Crippen molar-refractivity contribution in [2.45, 2.75) is 76.5 Å². The first-order valence-corrected chi connectivity index (χ1v) is 10.4. The third kappa shape index (κ3) is 4.98. The second-order valence-corrected chi connectivity index (χ2v) is 7.83. The first-order valence-electron chi connectivity index (χ1n) is 10.4. The molecule has 1 fully saturated rings. The second kappa shape index (κ2) is 9.58. The van der Waals surface area contributed by atoms with E-state index in [1.165, 1.54) is 74.5 Å². The van der Waals surface area contributed by atoms with Crippen LogP contribution < -0.4 is 0 Å². The van der Waals surface area contributed by atoms with E-state index in [9.17, 15) is 0 Å². The van der Waals surface area contributed by atoms with E-state index in [0.717, 1.165) is 11.5 Å². The molecule has 2 aromatic carbocycles. The maximum Gasteiger partial charge on any atom is 0.0991 e. The molecular weight excluding hydrogens is 314 g/mol. The van der Waals surface area contributed by atoms with Crippen molar-refractivity contribution in [2.75, 3.05) is 0 Å². The van der Waals surface area contributed by atoms with Crippen molar-refractivity contribution in [1.82, 2.24) is 0 Å². The minimum Gasteiger partial charge on any atom is -0.192 e. The summed E-state index contributed by atoms with van der Waals surface area (Å²) in [7, 11) is 0. The van der Waals surface area contributed by atoms with E-state index in [1.54, 1.807) is 0 Å². The van der Waals surface area contributed by atoms with Gasteiger partial charge < -0.3 is 0 Å². The van der Waals surface area contributed by atoms with Crippen molar-refractivity contribution in [3.8, 4) is 6.07 Å². The summed E-state index contributed by atoms with van der Waals surface area (Å²) in [6.45, 7) is 2.27. The van der Waals surface area contributed by atoms with Crippen LogP contribution in [0.15, 0.2) is 48.5 Å². The molecular formula is C25H31N. The fourth-order valence-electron chi connectivity index (χ4n) is 4.30. The van der Waals surface area contributed by atoms with Crippen LogP contribution in [0, 0.1) is 11.3 Å². The van der Waals surface area contributed by atoms with E-state index < -0.39 is 0 Å². The van der Waals surface area contributed by atoms with Crippen LogP contribution in [-0.2, 0) is 6.42 Å². The Bertz CT molecular complexity index is 697. The highest BCUT2D eigenvalue weighted by molar-refractivity contribution is 5.33. The smallest absolute Gasteiger partial charge is 0.0991 e. The summed E-state index contributed by atoms with van der Waals surface area (Å²) in [4.78, 5) is 0. The van der Waals surface area contributed by atoms with E-state index in [-0.39, 0.29) is 0 Å². The van der Waals surface area contributed by atoms with Crippen LogP contribution in [0.2, 0.25) is 0 Å². The molecule has 0 N–H and O–H groups in total. The van der Waals surface area contributed by atoms with Crippen molar-refractivity contribution < 1.29 is 0 Å². The molecule has 2 aromatic rings. The Morgan fingerprint density at radius 3 is 1.81 bits per heavy atom. The van der Waals surface area contributed by atoms with E-state index in [4.69, 9.17) is 5.26 Å². The topological polar surface area (TPSA) is 23.8 Å². The SMILES string of the molecule is CCCCCCc1ccc([C@H]2CC[C@H](c3ccc(C#N)cc3)CC2)cc1. The van der Waals surface area contributed by atoms with E-state index >= 15 is 0 Å². The highest BCUT2D eigenvalue weighted by Crippen LogP contribution is 2.40. The number of nitriles is 1. The maximum absolute atomic E-state index is 8.94. The lowest BCUT2D eigenvalue weighted by atomic mass is 9.76. The molecule has 1 heteroatoms. The molecule has 26 heavy (non-hydrogen) atoms. The van der Waals surface area contributed by atoms with Crippen LogP contribution in [0.25, 0.3) is 0 Å². The van der Waals surface area contributed by atoms with Crippen molar-refractivity contribution in [1.29, 1.82) is 5.26 Å². The first kappa shape index (κ1) is 18.7. The molecule has 0 radical (unpaired) electrons. The van der Waals surface area contributed by atoms with Crippen LogP contribution in [0.5, 0.6) is 0 Å². The van der Waals surface area contributed by atoms with E-state index in [1.807, 2.05) is 12.1 Å². The molecule has 0 amide bonds. The standard InChI is InChI=1S/C25H31N/c1-2-3-4-5-6-20-7-11-22(12-8-20)24-15-17-25(18-16-24)23-13-9-21(19-26)10-14-23/h7-14,24-25H,2-6,15-18H2,1H3/t24-,25-. The Balaban J connectivity index is 1.50. The monoisotopic (exact) mass is 345 g/mol. The summed E-state index contributed by atoms with van der Waals surface area (Å²) in [6.07, 6.45) is 11.7. The van der Waals surface area contributed by atoms with Crippen LogP contribution >= 0.6 is 0 Å². The predicted octanol–water partition coefficient (Wildman–Crippen LogP) is 7.12. The fourth-order valence-corrected chi connectivity index (χ4v) is 4.30. The van der Waals surface area contributed by atoms with Gasteiger partial charge in [-0.25, -0.2) is 0 Å². The molecule has 0 spiro atoms. The summed E-state index contributed by atoms with van der Waals surface area (Å²) in [5.41, 5.74) is 5.19. The molecule has 0 saturated heterocycles. The van der Waals surface area contributed by atoms with Gasteiger partial charge in [0.2, 0.25) is 0 Å². The van der Waals surface area contributed by atoms with Gasteiger partial charge in [-0.2, -0.15) is 5.26 Å². The first-order chi connectivity index (χ1) is 12.8. The Morgan fingerprint density at radius 1 is 0.769 bits per heavy atom. The number of nitrogens with zero attached hydrogens (tertiary/aromatic N) is 1. The van der Waals surface area contributed by atoms with Gasteiger partial charge in [0.15, 0.2) is 0 Å². The van der Waals surface area contributed by atoms with Gasteiger partial charge in [-0.15, -0.1) is 0 Å². The summed E-state index contributed by atoms with van der Waals surface area (Å²) in [5.74, 6) is 1.38. The summed E-state index contributed by atoms with van der Waals surface area (Å²) < 4.78 is 0. The van der Waals surface area contributed by atoms with Gasteiger partial charge in [0.05, 0.1) is 11.6 Å². The molecule has 0 aliphatic heterocycles. The summed E-state index contributed by atoms with van der Waals surface area (Å²) in [6, 6.07) is 19.9. The molecule has 1 saturated carbocycles. The molecule has 136 valence electrons. The van der Waals surface area contributed by atoms with Crippen molar-refractivity contribution >= 4 is 0 Å². The summed E-state index contributed by atoms with van der Waals surface area (Å²) in [5, 5.41) is 8.94. The van der Waals surface area contributed by atoms with Gasteiger partial charge in [-0.1, -0.05) is 62.6 Å². The maximum atomic E-state index is 8.94. The zero-order valence-corrected chi connectivity index (χ0v) is 16.1. The Kier molecular flexibility index (Phi) is 6.89. The zero-order chi connectivity index (χ0) is 18.2. The van der Waals surface area contributed by atoms with E-state index in [2.05, 4.69) is 49.4 Å². The van der Waals surface area contributed by atoms with E-state index in [0.29, 0.717) is 5.92 Å². The molecule has 1 aliphatic rings. The highest BCUT2D eigenvalue weighted by atomic mass is 14.3. The molecule has 0 heterocycles. The number of benzene rings is 2. The van der Waals surface area contributed by atoms with Gasteiger partial charge in [-0.05, 0) is 79.2 Å². The normalized spacial score (nSPS) is 19.8. The quantitative estimate of drug-likeness (QED) is 0.490. The number of rotatable bonds is 7. The van der Waals surface area contributed by atoms with Gasteiger partial charge >= 0.3 is 0 Å². The minimum atomic E-state index is 0.664. The Labute approximate surface area is 159 Å². The Hall–Kier alpha value is -2.07. The molecule has 3 rings (SSSR count). The number of hydrogen-bond acceptors (Lipinski definition) is 1. The fraction of sp³-hybridized carbons (Fsp3) is 0.480. The van der Waals surface area contributed by atoms with Gasteiger partial charge in [0.25, 0.3) is 0 Å². The predicted molar refractivity (Wildman–Crippen MR) is 109 cm³/mol. The molecule has 0 bridgehead atoms. The number of hydrogen-bond donors (Lipinski definition) is 0. The third-order valence-corrected chi connectivity index (χ3v) is 6.01. The second-order valence-electron chi connectivity index (χ2n) is 7.83. The van der Waals surface area contributed by atoms with Crippen LogP contribution in [-0.4, -0.2) is 0 Å². The lowest BCUT2D eigenvalue weighted by Crippen LogP contribution is -2.12. The van der Waals surface area contributed by atoms with Crippen molar-refractivity contribution in [3.63, 3.8) is 0 Å². The molecule has 1 nitrogen and oxygen atoms in total. The lowest BCUT2D eigenvalue weighted by molar-refractivity contribution is 0.396. The van der Waals surface area contributed by atoms with Gasteiger partial charge in [-0.3, -0.25) is 0 Å². The van der Waals surface area contributed by atoms with Crippen molar-refractivity contribution in [3.05, 3.63) is 70.8 Å². The van der Waals surface area contributed by atoms with Crippen LogP contribution in [0.3, 0.4) is 0 Å². The highest BCUT2D eigenvalue weighted by Gasteiger charge is 2.23. The van der Waals surface area contributed by atoms with Crippen LogP contribution in [0.4, 0.5) is 0 Å². The largest absolute Gasteiger partial charge is 0.192 e. The van der Waals surface area contributed by atoms with Crippen molar-refractivity contribution in [2.24, 2.45) is 0 Å². The van der Waals surface area contributed by atoms with Crippen LogP contribution in [0.1, 0.15) is 92.4 Å². The average molecular weight is 346 g/mol. The van der Waals surface area contributed by atoms with Gasteiger partial charge in [0.1, 0.15) is 0 Å². The molecule has 1 aliphatic carbocycles. The lowest BCUT2D eigenvalue weighted by Gasteiger charge is -2.29. The minimum absolute atomic E-state index is 0.664. The van der Waals surface area contributed by atoms with Gasteiger partial charge in [0, 0.05) is 0 Å². The summed E-state index contributed by atoms with van der Waals surface area (Å²) >= 11 is 0. The average Bonchev–Trinajstić information content (AvgIpc) is 2.72. The third-order valence-electron chi connectivity index (χ3n) is 6.01.